The molecule has 2 aromatic heterocycles. The summed E-state index contributed by atoms with van der Waals surface area (Å²) in [5, 5.41) is 15.6. The number of hydrogen-bond donors (Lipinski definition) is 3. The number of nitrogens with one attached hydrogen (secondary N) is 2. The minimum atomic E-state index is -5.08. The number of carbonyl (C=O) groups is 1. The number of benzene rings is 2. The summed E-state index contributed by atoms with van der Waals surface area (Å²) in [5.74, 6) is -3.61. The van der Waals surface area contributed by atoms with Crippen LogP contribution in [0.2, 0.25) is 5.02 Å². The molecular weight excluding hydrogens is 677 g/mol. The van der Waals surface area contributed by atoms with Crippen LogP contribution < -0.4 is 14.9 Å². The third-order valence-corrected chi connectivity index (χ3v) is 8.62. The molecule has 0 unspecified atom stereocenters. The van der Waals surface area contributed by atoms with E-state index >= 15 is 8.78 Å². The first-order valence-electron chi connectivity index (χ1n) is 14.7. The topological polar surface area (TPSA) is 98.5 Å². The Balaban J connectivity index is 0.000000589. The van der Waals surface area contributed by atoms with Gasteiger partial charge in [-0.1, -0.05) is 19.0 Å². The minimum absolute atomic E-state index is 0. The summed E-state index contributed by atoms with van der Waals surface area (Å²) >= 11 is 7.86. The molecule has 2 aromatic carbocycles. The Bertz CT molecular complexity index is 1680. The highest BCUT2D eigenvalue weighted by atomic mass is 35.5. The van der Waals surface area contributed by atoms with Crippen LogP contribution in [0.1, 0.15) is 26.7 Å². The van der Waals surface area contributed by atoms with Crippen molar-refractivity contribution in [2.75, 3.05) is 48.9 Å². The molecule has 3 N–H and O–H groups in total. The molecule has 16 heteroatoms. The standard InChI is InChI=1S/C29H30ClF2N7S.C2HF3O2.CH4/c30-21-16-23(28(32)26(17-21)36-40-38-13-1-2-14-38)24-19-39(35-29(24)20-6-9-34-10-7-20)27-5-4-22(18-25(27)31)37-12-3-8-33-11-15-37;3-2(4,5)1(6)7;/h4-7,9-10,16-19,33,36H,1-3,8,11-15H2;(H,6,7);1H4. The summed E-state index contributed by atoms with van der Waals surface area (Å²) in [6.07, 6.45) is 3.13. The van der Waals surface area contributed by atoms with E-state index in [1.165, 1.54) is 16.8 Å². The summed E-state index contributed by atoms with van der Waals surface area (Å²) in [6, 6.07) is 11.9. The largest absolute Gasteiger partial charge is 0.490 e. The molecule has 0 saturated carbocycles. The maximum atomic E-state index is 16.0. The summed E-state index contributed by atoms with van der Waals surface area (Å²) < 4.78 is 70.1. The van der Waals surface area contributed by atoms with Crippen molar-refractivity contribution in [3.63, 3.8) is 0 Å². The Morgan fingerprint density at radius 1 is 0.958 bits per heavy atom. The van der Waals surface area contributed by atoms with E-state index in [1.807, 2.05) is 6.07 Å². The Labute approximate surface area is 284 Å². The molecule has 0 amide bonds. The molecule has 9 nitrogen and oxygen atoms in total. The minimum Gasteiger partial charge on any atom is -0.475 e. The fourth-order valence-electron chi connectivity index (χ4n) is 5.15. The molecule has 2 saturated heterocycles. The number of nitrogens with zero attached hydrogens (tertiary/aromatic N) is 5. The van der Waals surface area contributed by atoms with E-state index in [2.05, 4.69) is 24.2 Å². The molecule has 2 aliphatic heterocycles. The van der Waals surface area contributed by atoms with E-state index in [-0.39, 0.29) is 24.4 Å². The summed E-state index contributed by atoms with van der Waals surface area (Å²) in [5.41, 5.74) is 3.42. The van der Waals surface area contributed by atoms with Crippen LogP contribution in [0.5, 0.6) is 0 Å². The molecule has 4 heterocycles. The average molecular weight is 712 g/mol. The Hall–Kier alpha value is -3.92. The second-order valence-electron chi connectivity index (χ2n) is 10.7. The van der Waals surface area contributed by atoms with Gasteiger partial charge in [-0.05, 0) is 68.3 Å². The molecule has 2 aliphatic rings. The van der Waals surface area contributed by atoms with E-state index in [9.17, 15) is 13.2 Å². The summed E-state index contributed by atoms with van der Waals surface area (Å²) in [4.78, 5) is 15.2. The van der Waals surface area contributed by atoms with Crippen LogP contribution in [-0.2, 0) is 4.79 Å². The first-order valence-corrected chi connectivity index (χ1v) is 15.9. The van der Waals surface area contributed by atoms with Crippen molar-refractivity contribution in [3.8, 4) is 28.1 Å². The molecular formula is C32H35ClF5N7O2S. The normalized spacial score (nSPS) is 15.2. The molecule has 0 aliphatic carbocycles. The van der Waals surface area contributed by atoms with Gasteiger partial charge in [-0.2, -0.15) is 18.3 Å². The quantitative estimate of drug-likeness (QED) is 0.132. The number of aliphatic carboxylic acids is 1. The van der Waals surface area contributed by atoms with Gasteiger partial charge in [-0.15, -0.1) is 0 Å². The van der Waals surface area contributed by atoms with Gasteiger partial charge >= 0.3 is 12.1 Å². The van der Waals surface area contributed by atoms with Gasteiger partial charge < -0.3 is 20.0 Å². The van der Waals surface area contributed by atoms with Crippen molar-refractivity contribution in [1.29, 1.82) is 0 Å². The van der Waals surface area contributed by atoms with Gasteiger partial charge in [0, 0.05) is 90.8 Å². The van der Waals surface area contributed by atoms with Crippen molar-refractivity contribution in [2.24, 2.45) is 0 Å². The molecule has 0 atom stereocenters. The number of hydrogen-bond acceptors (Lipinski definition) is 8. The molecule has 0 radical (unpaired) electrons. The van der Waals surface area contributed by atoms with E-state index in [4.69, 9.17) is 26.6 Å². The maximum Gasteiger partial charge on any atom is 0.490 e. The van der Waals surface area contributed by atoms with E-state index < -0.39 is 23.8 Å². The summed E-state index contributed by atoms with van der Waals surface area (Å²) in [7, 11) is 0. The van der Waals surface area contributed by atoms with E-state index in [0.29, 0.717) is 16.3 Å². The third kappa shape index (κ3) is 9.15. The lowest BCUT2D eigenvalue weighted by Gasteiger charge is -2.22. The fraction of sp³-hybridized carbons (Fsp3) is 0.344. The van der Waals surface area contributed by atoms with Crippen LogP contribution in [0.3, 0.4) is 0 Å². The first-order chi connectivity index (χ1) is 22.5. The molecule has 2 fully saturated rings. The van der Waals surface area contributed by atoms with Gasteiger partial charge in [-0.25, -0.2) is 22.6 Å². The maximum absolute atomic E-state index is 16.0. The zero-order chi connectivity index (χ0) is 33.6. The zero-order valence-corrected chi connectivity index (χ0v) is 26.5. The van der Waals surface area contributed by atoms with Crippen LogP contribution in [0.4, 0.5) is 33.3 Å². The van der Waals surface area contributed by atoms with Gasteiger partial charge in [0.2, 0.25) is 0 Å². The highest BCUT2D eigenvalue weighted by Gasteiger charge is 2.38. The second-order valence-corrected chi connectivity index (χ2v) is 12.1. The highest BCUT2D eigenvalue weighted by molar-refractivity contribution is 7.98. The number of alkyl halides is 3. The van der Waals surface area contributed by atoms with Gasteiger partial charge in [-0.3, -0.25) is 4.98 Å². The molecule has 6 rings (SSSR count). The molecule has 4 aromatic rings. The van der Waals surface area contributed by atoms with Crippen molar-refractivity contribution >= 4 is 41.1 Å². The Morgan fingerprint density at radius 3 is 2.33 bits per heavy atom. The number of carboxylic acids is 1. The number of aromatic nitrogens is 3. The Morgan fingerprint density at radius 2 is 1.67 bits per heavy atom. The number of halogens is 6. The average Bonchev–Trinajstić information content (AvgIpc) is 3.65. The van der Waals surface area contributed by atoms with Gasteiger partial charge in [0.05, 0.1) is 5.69 Å². The molecule has 0 bridgehead atoms. The van der Waals surface area contributed by atoms with Crippen molar-refractivity contribution in [2.45, 2.75) is 32.9 Å². The van der Waals surface area contributed by atoms with Gasteiger partial charge in [0.15, 0.2) is 11.6 Å². The lowest BCUT2D eigenvalue weighted by atomic mass is 10.0. The molecule has 258 valence electrons. The summed E-state index contributed by atoms with van der Waals surface area (Å²) in [6.45, 7) is 5.40. The van der Waals surface area contributed by atoms with E-state index in [1.54, 1.807) is 55.0 Å². The smallest absolute Gasteiger partial charge is 0.475 e. The predicted molar refractivity (Wildman–Crippen MR) is 179 cm³/mol. The second kappa shape index (κ2) is 16.5. The number of anilines is 2. The number of carboxylic acid groups (broad SMARTS) is 1. The van der Waals surface area contributed by atoms with Crippen LogP contribution >= 0.6 is 23.7 Å². The van der Waals surface area contributed by atoms with Crippen LogP contribution in [0.25, 0.3) is 28.1 Å². The van der Waals surface area contributed by atoms with E-state index in [0.717, 1.165) is 69.8 Å². The van der Waals surface area contributed by atoms with Crippen LogP contribution in [0, 0.1) is 11.6 Å². The number of rotatable bonds is 7. The zero-order valence-electron chi connectivity index (χ0n) is 24.9. The number of pyridine rings is 1. The molecule has 48 heavy (non-hydrogen) atoms. The van der Waals surface area contributed by atoms with Crippen molar-refractivity contribution in [3.05, 3.63) is 77.7 Å². The fourth-order valence-corrected chi connectivity index (χ4v) is 6.19. The molecule has 0 spiro atoms. The van der Waals surface area contributed by atoms with Gasteiger partial charge in [0.1, 0.15) is 11.4 Å². The Kier molecular flexibility index (Phi) is 12.7. The highest BCUT2D eigenvalue weighted by Crippen LogP contribution is 2.39. The van der Waals surface area contributed by atoms with Crippen molar-refractivity contribution < 1.29 is 31.9 Å². The lowest BCUT2D eigenvalue weighted by molar-refractivity contribution is -0.192. The third-order valence-electron chi connectivity index (χ3n) is 7.47. The predicted octanol–water partition coefficient (Wildman–Crippen LogP) is 7.67. The van der Waals surface area contributed by atoms with Crippen molar-refractivity contribution in [1.82, 2.24) is 24.4 Å². The first kappa shape index (κ1) is 36.9. The monoisotopic (exact) mass is 711 g/mol. The van der Waals surface area contributed by atoms with Crippen LogP contribution in [-0.4, -0.2) is 75.6 Å². The SMILES string of the molecule is C.Fc1cc(N2CCCNCC2)ccc1-n1cc(-c2cc(Cl)cc(NSN3CCCC3)c2F)c(-c2ccncc2)n1.O=C(O)C(F)(F)F. The van der Waals surface area contributed by atoms with Crippen LogP contribution in [0.15, 0.2) is 61.1 Å². The lowest BCUT2D eigenvalue weighted by Crippen LogP contribution is -2.27. The van der Waals surface area contributed by atoms with Gasteiger partial charge in [0.25, 0.3) is 0 Å².